The maximum atomic E-state index is 12.3. The average Bonchev–Trinajstić information content (AvgIpc) is 2.26. The van der Waals surface area contributed by atoms with Crippen LogP contribution in [0.25, 0.3) is 0 Å². The molecule has 0 N–H and O–H groups in total. The molecule has 1 aromatic carbocycles. The molecule has 0 aliphatic heterocycles. The first kappa shape index (κ1) is 14.0. The van der Waals surface area contributed by atoms with Gasteiger partial charge in [0, 0.05) is 5.38 Å². The van der Waals surface area contributed by atoms with Gasteiger partial charge in [0.2, 0.25) is 0 Å². The van der Waals surface area contributed by atoms with Crippen LogP contribution >= 0.6 is 11.6 Å². The van der Waals surface area contributed by atoms with Gasteiger partial charge in [-0.3, -0.25) is 0 Å². The van der Waals surface area contributed by atoms with Gasteiger partial charge in [-0.05, 0) is 31.4 Å². The van der Waals surface area contributed by atoms with Crippen LogP contribution in [0.1, 0.15) is 18.9 Å². The van der Waals surface area contributed by atoms with Crippen molar-refractivity contribution in [3.05, 3.63) is 23.8 Å². The summed E-state index contributed by atoms with van der Waals surface area (Å²) in [6.45, 7) is -1.01. The minimum Gasteiger partial charge on any atom is -0.493 e. The van der Waals surface area contributed by atoms with Crippen molar-refractivity contribution < 1.29 is 18.3 Å². The van der Waals surface area contributed by atoms with E-state index < -0.39 is 6.61 Å². The first-order valence-corrected chi connectivity index (χ1v) is 5.73. The Balaban J connectivity index is 2.93. The smallest absolute Gasteiger partial charge is 0.387 e. The van der Waals surface area contributed by atoms with Crippen LogP contribution in [0.2, 0.25) is 0 Å². The number of para-hydroxylation sites is 1. The summed E-state index contributed by atoms with van der Waals surface area (Å²) in [5.41, 5.74) is 0.678. The Morgan fingerprint density at radius 1 is 1.35 bits per heavy atom. The van der Waals surface area contributed by atoms with Crippen molar-refractivity contribution in [3.63, 3.8) is 0 Å². The van der Waals surface area contributed by atoms with Gasteiger partial charge >= 0.3 is 6.61 Å². The van der Waals surface area contributed by atoms with Gasteiger partial charge in [0.1, 0.15) is 0 Å². The molecule has 0 aliphatic carbocycles. The van der Waals surface area contributed by atoms with E-state index in [1.165, 1.54) is 7.11 Å². The van der Waals surface area contributed by atoms with Crippen LogP contribution in [0, 0.1) is 0 Å². The topological polar surface area (TPSA) is 18.5 Å². The Bertz CT molecular complexity index is 356. The van der Waals surface area contributed by atoms with E-state index in [-0.39, 0.29) is 11.1 Å². The fraction of sp³-hybridized carbons (Fsp3) is 0.500. The maximum absolute atomic E-state index is 12.3. The molecule has 1 aromatic rings. The van der Waals surface area contributed by atoms with E-state index >= 15 is 0 Å². The molecular weight excluding hydrogens is 250 g/mol. The SMILES string of the molecule is COc1cccc(CCC(C)Cl)c1OC(F)F. The van der Waals surface area contributed by atoms with E-state index in [2.05, 4.69) is 4.74 Å². The molecule has 0 amide bonds. The van der Waals surface area contributed by atoms with E-state index in [4.69, 9.17) is 16.3 Å². The summed E-state index contributed by atoms with van der Waals surface area (Å²) in [4.78, 5) is 0. The molecule has 1 unspecified atom stereocenters. The van der Waals surface area contributed by atoms with Gasteiger partial charge in [-0.15, -0.1) is 11.6 Å². The summed E-state index contributed by atoms with van der Waals surface area (Å²) < 4.78 is 34.1. The fourth-order valence-corrected chi connectivity index (χ4v) is 1.61. The first-order chi connectivity index (χ1) is 8.04. The summed E-state index contributed by atoms with van der Waals surface area (Å²) in [6.07, 6.45) is 1.26. The predicted molar refractivity (Wildman–Crippen MR) is 63.3 cm³/mol. The van der Waals surface area contributed by atoms with E-state index in [1.54, 1.807) is 18.2 Å². The van der Waals surface area contributed by atoms with Crippen molar-refractivity contribution >= 4 is 11.6 Å². The highest BCUT2D eigenvalue weighted by Crippen LogP contribution is 2.33. The molecule has 0 aliphatic rings. The van der Waals surface area contributed by atoms with Crippen LogP contribution < -0.4 is 9.47 Å². The van der Waals surface area contributed by atoms with Crippen LogP contribution in [0.15, 0.2) is 18.2 Å². The van der Waals surface area contributed by atoms with E-state index in [1.807, 2.05) is 6.92 Å². The highest BCUT2D eigenvalue weighted by molar-refractivity contribution is 6.20. The zero-order valence-electron chi connectivity index (χ0n) is 9.75. The van der Waals surface area contributed by atoms with E-state index in [0.29, 0.717) is 24.2 Å². The predicted octanol–water partition coefficient (Wildman–Crippen LogP) is 3.86. The van der Waals surface area contributed by atoms with Crippen LogP contribution in [0.3, 0.4) is 0 Å². The minimum absolute atomic E-state index is 0.0133. The van der Waals surface area contributed by atoms with Crippen molar-refractivity contribution in [1.29, 1.82) is 0 Å². The second-order valence-corrected chi connectivity index (χ2v) is 4.39. The standard InChI is InChI=1S/C12H15ClF2O2/c1-8(13)6-7-9-4-3-5-10(16-2)11(9)17-12(14)15/h3-5,8,12H,6-7H2,1-2H3. The lowest BCUT2D eigenvalue weighted by molar-refractivity contribution is -0.0518. The molecule has 17 heavy (non-hydrogen) atoms. The molecular formula is C12H15ClF2O2. The highest BCUT2D eigenvalue weighted by atomic mass is 35.5. The number of rotatable bonds is 6. The Morgan fingerprint density at radius 2 is 2.06 bits per heavy atom. The monoisotopic (exact) mass is 264 g/mol. The molecule has 0 radical (unpaired) electrons. The summed E-state index contributed by atoms with van der Waals surface area (Å²) >= 11 is 5.84. The molecule has 0 heterocycles. The molecule has 2 nitrogen and oxygen atoms in total. The Morgan fingerprint density at radius 3 is 2.59 bits per heavy atom. The molecule has 0 saturated heterocycles. The van der Waals surface area contributed by atoms with Gasteiger partial charge in [-0.2, -0.15) is 8.78 Å². The van der Waals surface area contributed by atoms with Crippen LogP contribution in [-0.2, 0) is 6.42 Å². The van der Waals surface area contributed by atoms with Crippen molar-refractivity contribution in [2.45, 2.75) is 31.8 Å². The number of hydrogen-bond donors (Lipinski definition) is 0. The lowest BCUT2D eigenvalue weighted by Gasteiger charge is -2.14. The first-order valence-electron chi connectivity index (χ1n) is 5.29. The summed E-state index contributed by atoms with van der Waals surface area (Å²) in [5.74, 6) is 0.410. The number of aryl methyl sites for hydroxylation is 1. The third kappa shape index (κ3) is 4.38. The van der Waals surface area contributed by atoms with Gasteiger partial charge in [-0.25, -0.2) is 0 Å². The summed E-state index contributed by atoms with van der Waals surface area (Å²) in [5, 5.41) is -0.0133. The third-order valence-electron chi connectivity index (χ3n) is 2.30. The minimum atomic E-state index is -2.86. The van der Waals surface area contributed by atoms with Crippen molar-refractivity contribution in [1.82, 2.24) is 0 Å². The van der Waals surface area contributed by atoms with Gasteiger partial charge in [0.25, 0.3) is 0 Å². The average molecular weight is 265 g/mol. The molecule has 0 fully saturated rings. The molecule has 5 heteroatoms. The quantitative estimate of drug-likeness (QED) is 0.727. The molecule has 1 rings (SSSR count). The number of alkyl halides is 3. The zero-order chi connectivity index (χ0) is 12.8. The van der Waals surface area contributed by atoms with Gasteiger partial charge in [0.15, 0.2) is 11.5 Å². The molecule has 96 valence electrons. The normalized spacial score (nSPS) is 12.6. The van der Waals surface area contributed by atoms with E-state index in [0.717, 1.165) is 0 Å². The second-order valence-electron chi connectivity index (χ2n) is 3.65. The highest BCUT2D eigenvalue weighted by Gasteiger charge is 2.15. The van der Waals surface area contributed by atoms with Gasteiger partial charge in [0.05, 0.1) is 7.11 Å². The zero-order valence-corrected chi connectivity index (χ0v) is 10.5. The number of benzene rings is 1. The lowest BCUT2D eigenvalue weighted by Crippen LogP contribution is -2.07. The van der Waals surface area contributed by atoms with Crippen molar-refractivity contribution in [3.8, 4) is 11.5 Å². The largest absolute Gasteiger partial charge is 0.493 e. The summed E-state index contributed by atoms with van der Waals surface area (Å²) in [6, 6.07) is 5.07. The fourth-order valence-electron chi connectivity index (χ4n) is 1.50. The van der Waals surface area contributed by atoms with Crippen LogP contribution in [-0.4, -0.2) is 19.1 Å². The third-order valence-corrected chi connectivity index (χ3v) is 2.52. The number of ether oxygens (including phenoxy) is 2. The Kier molecular flexibility index (Phi) is 5.48. The maximum Gasteiger partial charge on any atom is 0.387 e. The van der Waals surface area contributed by atoms with Gasteiger partial charge in [-0.1, -0.05) is 12.1 Å². The Hall–Kier alpha value is -1.03. The number of methoxy groups -OCH3 is 1. The van der Waals surface area contributed by atoms with Crippen LogP contribution in [0.4, 0.5) is 8.78 Å². The molecule has 0 bridgehead atoms. The summed E-state index contributed by atoms with van der Waals surface area (Å²) in [7, 11) is 1.42. The van der Waals surface area contributed by atoms with Crippen molar-refractivity contribution in [2.75, 3.05) is 7.11 Å². The Labute approximate surface area is 104 Å². The van der Waals surface area contributed by atoms with E-state index in [9.17, 15) is 8.78 Å². The molecule has 0 aromatic heterocycles. The second kappa shape index (κ2) is 6.64. The number of halogens is 3. The lowest BCUT2D eigenvalue weighted by atomic mass is 10.1. The van der Waals surface area contributed by atoms with Gasteiger partial charge < -0.3 is 9.47 Å². The molecule has 1 atom stereocenters. The molecule has 0 saturated carbocycles. The number of hydrogen-bond acceptors (Lipinski definition) is 2. The van der Waals surface area contributed by atoms with Crippen LogP contribution in [0.5, 0.6) is 11.5 Å². The molecule has 0 spiro atoms. The van der Waals surface area contributed by atoms with Crippen molar-refractivity contribution in [2.24, 2.45) is 0 Å².